The van der Waals surface area contributed by atoms with Gasteiger partial charge in [0.1, 0.15) is 0 Å². The zero-order valence-electron chi connectivity index (χ0n) is 13.1. The minimum Gasteiger partial charge on any atom is -0.342 e. The molecule has 1 N–H and O–H groups in total. The highest BCUT2D eigenvalue weighted by Gasteiger charge is 2.24. The van der Waals surface area contributed by atoms with Gasteiger partial charge < -0.3 is 10.2 Å². The van der Waals surface area contributed by atoms with Crippen molar-refractivity contribution in [2.75, 3.05) is 13.1 Å². The van der Waals surface area contributed by atoms with E-state index in [1.165, 1.54) is 5.56 Å². The topological polar surface area (TPSA) is 32.3 Å². The van der Waals surface area contributed by atoms with Gasteiger partial charge in [-0.3, -0.25) is 4.79 Å². The molecule has 1 unspecified atom stereocenters. The van der Waals surface area contributed by atoms with E-state index in [4.69, 9.17) is 0 Å². The molecule has 0 aliphatic carbocycles. The number of nitrogens with zero attached hydrogens (tertiary/aromatic N) is 1. The van der Waals surface area contributed by atoms with Crippen molar-refractivity contribution in [3.63, 3.8) is 0 Å². The van der Waals surface area contributed by atoms with Gasteiger partial charge >= 0.3 is 0 Å². The number of piperidine rings is 1. The SMILES string of the molecule is CC(C)C(=O)N1CCC(NC(C)c2ccc(Br)cc2)CC1. The van der Waals surface area contributed by atoms with Crippen LogP contribution in [0.1, 0.15) is 45.2 Å². The third-order valence-electron chi connectivity index (χ3n) is 4.16. The maximum absolute atomic E-state index is 12.0. The number of nitrogens with one attached hydrogen (secondary N) is 1. The van der Waals surface area contributed by atoms with Crippen LogP contribution >= 0.6 is 15.9 Å². The van der Waals surface area contributed by atoms with Gasteiger partial charge in [-0.25, -0.2) is 0 Å². The Bertz CT molecular complexity index is 464. The van der Waals surface area contributed by atoms with Crippen molar-refractivity contribution in [2.45, 2.75) is 45.7 Å². The molecule has 2 rings (SSSR count). The number of hydrogen-bond acceptors (Lipinski definition) is 2. The van der Waals surface area contributed by atoms with Crippen LogP contribution in [0.25, 0.3) is 0 Å². The molecule has 1 aliphatic rings. The van der Waals surface area contributed by atoms with Gasteiger partial charge in [-0.05, 0) is 37.5 Å². The Labute approximate surface area is 136 Å². The van der Waals surface area contributed by atoms with E-state index in [1.807, 2.05) is 18.7 Å². The smallest absolute Gasteiger partial charge is 0.225 e. The van der Waals surface area contributed by atoms with E-state index in [0.29, 0.717) is 12.1 Å². The number of rotatable bonds is 4. The van der Waals surface area contributed by atoms with E-state index in [2.05, 4.69) is 52.4 Å². The minimum atomic E-state index is 0.108. The van der Waals surface area contributed by atoms with E-state index in [0.717, 1.165) is 30.4 Å². The van der Waals surface area contributed by atoms with Gasteiger partial charge in [-0.2, -0.15) is 0 Å². The third-order valence-corrected chi connectivity index (χ3v) is 4.68. The van der Waals surface area contributed by atoms with E-state index in [-0.39, 0.29) is 11.8 Å². The van der Waals surface area contributed by atoms with Crippen LogP contribution in [-0.4, -0.2) is 29.9 Å². The first-order valence-electron chi connectivity index (χ1n) is 7.77. The van der Waals surface area contributed by atoms with Crippen molar-refractivity contribution >= 4 is 21.8 Å². The second-order valence-electron chi connectivity index (χ2n) is 6.19. The number of benzene rings is 1. The molecule has 4 heteroatoms. The Morgan fingerprint density at radius 1 is 1.19 bits per heavy atom. The number of halogens is 1. The van der Waals surface area contributed by atoms with Crippen molar-refractivity contribution in [3.8, 4) is 0 Å². The van der Waals surface area contributed by atoms with Gasteiger partial charge in [0.2, 0.25) is 5.91 Å². The van der Waals surface area contributed by atoms with Crippen molar-refractivity contribution in [1.29, 1.82) is 0 Å². The summed E-state index contributed by atoms with van der Waals surface area (Å²) < 4.78 is 1.11. The minimum absolute atomic E-state index is 0.108. The first-order valence-corrected chi connectivity index (χ1v) is 8.57. The fourth-order valence-corrected chi connectivity index (χ4v) is 3.10. The normalized spacial score (nSPS) is 18.0. The van der Waals surface area contributed by atoms with Crippen molar-refractivity contribution in [1.82, 2.24) is 10.2 Å². The van der Waals surface area contributed by atoms with Crippen LogP contribution in [0.5, 0.6) is 0 Å². The lowest BCUT2D eigenvalue weighted by atomic mass is 10.0. The first-order chi connectivity index (χ1) is 9.97. The molecule has 1 fully saturated rings. The monoisotopic (exact) mass is 352 g/mol. The maximum Gasteiger partial charge on any atom is 0.225 e. The summed E-state index contributed by atoms with van der Waals surface area (Å²) in [5, 5.41) is 3.69. The van der Waals surface area contributed by atoms with E-state index in [1.54, 1.807) is 0 Å². The zero-order valence-corrected chi connectivity index (χ0v) is 14.7. The highest BCUT2D eigenvalue weighted by molar-refractivity contribution is 9.10. The first kappa shape index (κ1) is 16.5. The van der Waals surface area contributed by atoms with Crippen molar-refractivity contribution in [3.05, 3.63) is 34.3 Å². The molecule has 1 atom stereocenters. The lowest BCUT2D eigenvalue weighted by molar-refractivity contribution is -0.135. The van der Waals surface area contributed by atoms with E-state index in [9.17, 15) is 4.79 Å². The molecule has 0 saturated carbocycles. The maximum atomic E-state index is 12.0. The van der Waals surface area contributed by atoms with Gasteiger partial charge in [0.05, 0.1) is 0 Å². The molecule has 116 valence electrons. The summed E-state index contributed by atoms with van der Waals surface area (Å²) in [4.78, 5) is 14.0. The predicted octanol–water partition coefficient (Wildman–Crippen LogP) is 3.75. The van der Waals surface area contributed by atoms with E-state index < -0.39 is 0 Å². The highest BCUT2D eigenvalue weighted by Crippen LogP contribution is 2.20. The molecule has 21 heavy (non-hydrogen) atoms. The molecule has 0 aromatic heterocycles. The quantitative estimate of drug-likeness (QED) is 0.894. The summed E-state index contributed by atoms with van der Waals surface area (Å²) in [7, 11) is 0. The van der Waals surface area contributed by atoms with Crippen LogP contribution < -0.4 is 5.32 Å². The molecule has 1 aliphatic heterocycles. The van der Waals surface area contributed by atoms with Gasteiger partial charge in [0.15, 0.2) is 0 Å². The summed E-state index contributed by atoms with van der Waals surface area (Å²) >= 11 is 3.47. The summed E-state index contributed by atoms with van der Waals surface area (Å²) in [6.45, 7) is 7.91. The Morgan fingerprint density at radius 3 is 2.29 bits per heavy atom. The standard InChI is InChI=1S/C17H25BrN2O/c1-12(2)17(21)20-10-8-16(9-11-20)19-13(3)14-4-6-15(18)7-5-14/h4-7,12-13,16,19H,8-11H2,1-3H3. The molecule has 1 heterocycles. The van der Waals surface area contributed by atoms with E-state index >= 15 is 0 Å². The predicted molar refractivity (Wildman–Crippen MR) is 90.1 cm³/mol. The fourth-order valence-electron chi connectivity index (χ4n) is 2.83. The van der Waals surface area contributed by atoms with Crippen LogP contribution in [0.4, 0.5) is 0 Å². The molecule has 0 bridgehead atoms. The van der Waals surface area contributed by atoms with Crippen molar-refractivity contribution < 1.29 is 4.79 Å². The number of hydrogen-bond donors (Lipinski definition) is 1. The van der Waals surface area contributed by atoms with Crippen LogP contribution in [-0.2, 0) is 4.79 Å². The summed E-state index contributed by atoms with van der Waals surface area (Å²) in [6.07, 6.45) is 2.08. The van der Waals surface area contributed by atoms with Crippen molar-refractivity contribution in [2.24, 2.45) is 5.92 Å². The summed E-state index contributed by atoms with van der Waals surface area (Å²) in [5.74, 6) is 0.394. The molecule has 0 radical (unpaired) electrons. The average Bonchev–Trinajstić information content (AvgIpc) is 2.47. The van der Waals surface area contributed by atoms with Crippen LogP contribution in [0.2, 0.25) is 0 Å². The lowest BCUT2D eigenvalue weighted by Gasteiger charge is -2.35. The summed E-state index contributed by atoms with van der Waals surface area (Å²) in [6, 6.07) is 9.31. The van der Waals surface area contributed by atoms with Crippen LogP contribution in [0, 0.1) is 5.92 Å². The number of amides is 1. The van der Waals surface area contributed by atoms with Gasteiger partial charge in [0, 0.05) is 35.6 Å². The second-order valence-corrected chi connectivity index (χ2v) is 7.11. The Morgan fingerprint density at radius 2 is 1.76 bits per heavy atom. The summed E-state index contributed by atoms with van der Waals surface area (Å²) in [5.41, 5.74) is 1.30. The number of likely N-dealkylation sites (tertiary alicyclic amines) is 1. The largest absolute Gasteiger partial charge is 0.342 e. The van der Waals surface area contributed by atoms with Gasteiger partial charge in [-0.15, -0.1) is 0 Å². The average molecular weight is 353 g/mol. The van der Waals surface area contributed by atoms with Gasteiger partial charge in [0.25, 0.3) is 0 Å². The number of carbonyl (C=O) groups excluding carboxylic acids is 1. The van der Waals surface area contributed by atoms with Crippen LogP contribution in [0.15, 0.2) is 28.7 Å². The Kier molecular flexibility index (Phi) is 5.82. The molecule has 0 spiro atoms. The molecule has 1 amide bonds. The second kappa shape index (κ2) is 7.41. The Hall–Kier alpha value is -0.870. The molecule has 3 nitrogen and oxygen atoms in total. The molecule has 1 saturated heterocycles. The third kappa shape index (κ3) is 4.55. The molecular formula is C17H25BrN2O. The zero-order chi connectivity index (χ0) is 15.4. The molecular weight excluding hydrogens is 328 g/mol. The molecule has 1 aromatic rings. The Balaban J connectivity index is 1.83. The van der Waals surface area contributed by atoms with Crippen LogP contribution in [0.3, 0.4) is 0 Å². The lowest BCUT2D eigenvalue weighted by Crippen LogP contribution is -2.46. The molecule has 1 aromatic carbocycles. The highest BCUT2D eigenvalue weighted by atomic mass is 79.9. The number of carbonyl (C=O) groups is 1. The van der Waals surface area contributed by atoms with Gasteiger partial charge in [-0.1, -0.05) is 41.9 Å². The fraction of sp³-hybridized carbons (Fsp3) is 0.588.